The highest BCUT2D eigenvalue weighted by atomic mass is 16.5. The van der Waals surface area contributed by atoms with Gasteiger partial charge in [-0.15, -0.1) is 0 Å². The Labute approximate surface area is 136 Å². The van der Waals surface area contributed by atoms with Crippen molar-refractivity contribution in [3.63, 3.8) is 0 Å². The molecule has 0 atom stereocenters. The molecule has 5 heteroatoms. The number of hydrogen-bond donors (Lipinski definition) is 1. The smallest absolute Gasteiger partial charge is 0.162 e. The van der Waals surface area contributed by atoms with Gasteiger partial charge in [0.1, 0.15) is 5.75 Å². The number of rotatable bonds is 7. The topological polar surface area (TPSA) is 52.1 Å². The first-order valence-corrected chi connectivity index (χ1v) is 7.40. The normalized spacial score (nSPS) is 10.8. The Bertz CT molecular complexity index is 652. The lowest BCUT2D eigenvalue weighted by molar-refractivity contribution is 0.230. The van der Waals surface area contributed by atoms with Crippen molar-refractivity contribution in [3.05, 3.63) is 48.0 Å². The summed E-state index contributed by atoms with van der Waals surface area (Å²) in [6, 6.07) is 13.2. The molecule has 0 saturated heterocycles. The third-order valence-electron chi connectivity index (χ3n) is 3.05. The summed E-state index contributed by atoms with van der Waals surface area (Å²) in [4.78, 5) is 0. The predicted molar refractivity (Wildman–Crippen MR) is 93.0 cm³/mol. The van der Waals surface area contributed by atoms with Gasteiger partial charge >= 0.3 is 0 Å². The third-order valence-corrected chi connectivity index (χ3v) is 3.05. The lowest BCUT2D eigenvalue weighted by Crippen LogP contribution is -2.07. The molecule has 1 N–H and O–H groups in total. The minimum absolute atomic E-state index is 0.0773. The van der Waals surface area contributed by atoms with E-state index in [1.54, 1.807) is 20.4 Å². The monoisotopic (exact) mass is 314 g/mol. The molecule has 0 unspecified atom stereocenters. The molecule has 0 aromatic heterocycles. The van der Waals surface area contributed by atoms with Crippen LogP contribution in [0.1, 0.15) is 19.4 Å². The SMILES string of the molecule is COc1ccc(N/N=C/c2ccc(OC)c(OC(C)C)c2)cc1. The van der Waals surface area contributed by atoms with Crippen LogP contribution in [0.5, 0.6) is 17.2 Å². The maximum absolute atomic E-state index is 5.75. The minimum Gasteiger partial charge on any atom is -0.497 e. The van der Waals surface area contributed by atoms with Crippen LogP contribution in [0.25, 0.3) is 0 Å². The van der Waals surface area contributed by atoms with Crippen molar-refractivity contribution in [3.8, 4) is 17.2 Å². The van der Waals surface area contributed by atoms with Crippen LogP contribution < -0.4 is 19.6 Å². The summed E-state index contributed by atoms with van der Waals surface area (Å²) in [5, 5.41) is 4.23. The fourth-order valence-electron chi connectivity index (χ4n) is 1.97. The number of hydrogen-bond acceptors (Lipinski definition) is 5. The van der Waals surface area contributed by atoms with E-state index in [0.717, 1.165) is 17.0 Å². The second kappa shape index (κ2) is 8.08. The fourth-order valence-corrected chi connectivity index (χ4v) is 1.97. The van der Waals surface area contributed by atoms with Gasteiger partial charge in [-0.1, -0.05) is 0 Å². The molecule has 23 heavy (non-hydrogen) atoms. The third kappa shape index (κ3) is 4.92. The number of ether oxygens (including phenoxy) is 3. The summed E-state index contributed by atoms with van der Waals surface area (Å²) < 4.78 is 16.2. The summed E-state index contributed by atoms with van der Waals surface area (Å²) in [6.07, 6.45) is 1.81. The molecule has 2 aromatic rings. The zero-order valence-corrected chi connectivity index (χ0v) is 13.9. The van der Waals surface area contributed by atoms with Gasteiger partial charge in [0.2, 0.25) is 0 Å². The van der Waals surface area contributed by atoms with E-state index < -0.39 is 0 Å². The Morgan fingerprint density at radius 2 is 1.70 bits per heavy atom. The Hall–Kier alpha value is -2.69. The van der Waals surface area contributed by atoms with Crippen LogP contribution in [0, 0.1) is 0 Å². The van der Waals surface area contributed by atoms with E-state index in [4.69, 9.17) is 14.2 Å². The Balaban J connectivity index is 2.06. The quantitative estimate of drug-likeness (QED) is 0.621. The zero-order valence-electron chi connectivity index (χ0n) is 13.9. The highest BCUT2D eigenvalue weighted by molar-refractivity contribution is 5.81. The van der Waals surface area contributed by atoms with Gasteiger partial charge < -0.3 is 14.2 Å². The molecule has 2 aromatic carbocycles. The Kier molecular flexibility index (Phi) is 5.86. The van der Waals surface area contributed by atoms with Gasteiger partial charge in [-0.05, 0) is 61.9 Å². The highest BCUT2D eigenvalue weighted by Gasteiger charge is 2.06. The van der Waals surface area contributed by atoms with E-state index in [1.807, 2.05) is 56.3 Å². The number of methoxy groups -OCH3 is 2. The van der Waals surface area contributed by atoms with Gasteiger partial charge in [-0.3, -0.25) is 5.43 Å². The molecule has 0 aliphatic carbocycles. The summed E-state index contributed by atoms with van der Waals surface area (Å²) in [5.41, 5.74) is 4.78. The van der Waals surface area contributed by atoms with Gasteiger partial charge in [0, 0.05) is 0 Å². The predicted octanol–water partition coefficient (Wildman–Crippen LogP) is 3.94. The van der Waals surface area contributed by atoms with E-state index in [9.17, 15) is 0 Å². The molecular weight excluding hydrogens is 292 g/mol. The second-order valence-corrected chi connectivity index (χ2v) is 5.18. The molecule has 0 aliphatic heterocycles. The summed E-state index contributed by atoms with van der Waals surface area (Å²) in [6.45, 7) is 3.96. The van der Waals surface area contributed by atoms with Crippen molar-refractivity contribution in [2.75, 3.05) is 19.6 Å². The fraction of sp³-hybridized carbons (Fsp3) is 0.278. The molecule has 0 fully saturated rings. The zero-order chi connectivity index (χ0) is 16.7. The molecular formula is C18H22N2O3. The van der Waals surface area contributed by atoms with Crippen LogP contribution in [0.4, 0.5) is 5.69 Å². The lowest BCUT2D eigenvalue weighted by atomic mass is 10.2. The van der Waals surface area contributed by atoms with Crippen molar-refractivity contribution in [2.45, 2.75) is 20.0 Å². The maximum atomic E-state index is 5.75. The molecule has 0 saturated carbocycles. The van der Waals surface area contributed by atoms with Crippen LogP contribution in [0.15, 0.2) is 47.6 Å². The number of nitrogens with one attached hydrogen (secondary N) is 1. The molecule has 0 bridgehead atoms. The summed E-state index contributed by atoms with van der Waals surface area (Å²) >= 11 is 0. The standard InChI is InChI=1S/C18H22N2O3/c1-13(2)23-18-11-14(5-10-17(18)22-4)12-19-20-15-6-8-16(21-3)9-7-15/h5-13,20H,1-4H3/b19-12+. The van der Waals surface area contributed by atoms with Crippen molar-refractivity contribution in [1.82, 2.24) is 0 Å². The van der Waals surface area contributed by atoms with Crippen LogP contribution in [-0.2, 0) is 0 Å². The molecule has 0 spiro atoms. The van der Waals surface area contributed by atoms with E-state index in [2.05, 4.69) is 10.5 Å². The molecule has 0 aliphatic rings. The highest BCUT2D eigenvalue weighted by Crippen LogP contribution is 2.28. The summed E-state index contributed by atoms with van der Waals surface area (Å²) in [7, 11) is 3.27. The minimum atomic E-state index is 0.0773. The van der Waals surface area contributed by atoms with Gasteiger partial charge in [-0.25, -0.2) is 0 Å². The molecule has 0 radical (unpaired) electrons. The van der Waals surface area contributed by atoms with E-state index in [1.165, 1.54) is 0 Å². The van der Waals surface area contributed by atoms with Crippen molar-refractivity contribution in [2.24, 2.45) is 5.10 Å². The molecule has 5 nitrogen and oxygen atoms in total. The van der Waals surface area contributed by atoms with Crippen molar-refractivity contribution >= 4 is 11.9 Å². The number of hydrazone groups is 1. The van der Waals surface area contributed by atoms with Crippen molar-refractivity contribution in [1.29, 1.82) is 0 Å². The van der Waals surface area contributed by atoms with Crippen molar-refractivity contribution < 1.29 is 14.2 Å². The van der Waals surface area contributed by atoms with Crippen LogP contribution in [-0.4, -0.2) is 26.5 Å². The molecule has 0 amide bonds. The van der Waals surface area contributed by atoms with E-state index in [-0.39, 0.29) is 6.10 Å². The average Bonchev–Trinajstić information content (AvgIpc) is 2.55. The van der Waals surface area contributed by atoms with E-state index >= 15 is 0 Å². The van der Waals surface area contributed by atoms with Gasteiger partial charge in [-0.2, -0.15) is 5.10 Å². The molecule has 2 rings (SSSR count). The first kappa shape index (κ1) is 16.7. The van der Waals surface area contributed by atoms with Crippen LogP contribution >= 0.6 is 0 Å². The lowest BCUT2D eigenvalue weighted by Gasteiger charge is -2.13. The Morgan fingerprint density at radius 3 is 2.30 bits per heavy atom. The first-order valence-electron chi connectivity index (χ1n) is 7.40. The second-order valence-electron chi connectivity index (χ2n) is 5.18. The summed E-state index contributed by atoms with van der Waals surface area (Å²) in [5.74, 6) is 2.22. The first-order chi connectivity index (χ1) is 11.1. The molecule has 122 valence electrons. The average molecular weight is 314 g/mol. The van der Waals surface area contributed by atoms with Gasteiger partial charge in [0.15, 0.2) is 11.5 Å². The van der Waals surface area contributed by atoms with Crippen LogP contribution in [0.2, 0.25) is 0 Å². The Morgan fingerprint density at radius 1 is 0.957 bits per heavy atom. The van der Waals surface area contributed by atoms with Gasteiger partial charge in [0.25, 0.3) is 0 Å². The van der Waals surface area contributed by atoms with Gasteiger partial charge in [0.05, 0.1) is 32.2 Å². The van der Waals surface area contributed by atoms with Crippen LogP contribution in [0.3, 0.4) is 0 Å². The van der Waals surface area contributed by atoms with E-state index in [0.29, 0.717) is 11.5 Å². The largest absolute Gasteiger partial charge is 0.497 e. The number of anilines is 1. The molecule has 0 heterocycles. The number of nitrogens with zero attached hydrogens (tertiary/aromatic N) is 1. The maximum Gasteiger partial charge on any atom is 0.162 e. The number of benzene rings is 2.